The van der Waals surface area contributed by atoms with E-state index in [-0.39, 0.29) is 5.82 Å². The lowest BCUT2D eigenvalue weighted by Gasteiger charge is -2.28. The Morgan fingerprint density at radius 2 is 2.18 bits per heavy atom. The van der Waals surface area contributed by atoms with Crippen LogP contribution in [0.4, 0.5) is 4.39 Å². The zero-order valence-electron chi connectivity index (χ0n) is 12.1. The van der Waals surface area contributed by atoms with E-state index in [2.05, 4.69) is 14.5 Å². The van der Waals surface area contributed by atoms with Gasteiger partial charge >= 0.3 is 0 Å². The third kappa shape index (κ3) is 2.44. The van der Waals surface area contributed by atoms with E-state index in [1.807, 2.05) is 18.3 Å². The fourth-order valence-electron chi connectivity index (χ4n) is 2.96. The maximum Gasteiger partial charge on any atom is 0.123 e. The van der Waals surface area contributed by atoms with E-state index in [0.29, 0.717) is 0 Å². The van der Waals surface area contributed by atoms with Gasteiger partial charge in [-0.1, -0.05) is 12.1 Å². The summed E-state index contributed by atoms with van der Waals surface area (Å²) in [6.45, 7) is 3.45. The van der Waals surface area contributed by atoms with Gasteiger partial charge in [0, 0.05) is 30.8 Å². The Morgan fingerprint density at radius 3 is 3.00 bits per heavy atom. The number of furan rings is 1. The largest absolute Gasteiger partial charge is 0.472 e. The normalized spacial score (nSPS) is 15.0. The molecular weight excluding hydrogens is 281 g/mol. The van der Waals surface area contributed by atoms with Crippen molar-refractivity contribution >= 4 is 0 Å². The first-order chi connectivity index (χ1) is 10.8. The number of benzene rings is 1. The van der Waals surface area contributed by atoms with Crippen LogP contribution in [0.2, 0.25) is 0 Å². The Bertz CT molecular complexity index is 779. The summed E-state index contributed by atoms with van der Waals surface area (Å²) in [4.78, 5) is 6.85. The van der Waals surface area contributed by atoms with Crippen molar-refractivity contribution in [1.29, 1.82) is 0 Å². The molecule has 0 bridgehead atoms. The molecule has 4 rings (SSSR count). The highest BCUT2D eigenvalue weighted by Gasteiger charge is 2.20. The third-order valence-corrected chi connectivity index (χ3v) is 4.05. The zero-order valence-corrected chi connectivity index (χ0v) is 12.1. The van der Waals surface area contributed by atoms with E-state index >= 15 is 0 Å². The molecule has 0 radical (unpaired) electrons. The molecule has 0 spiro atoms. The predicted molar refractivity (Wildman–Crippen MR) is 80.4 cm³/mol. The molecule has 2 aromatic heterocycles. The summed E-state index contributed by atoms with van der Waals surface area (Å²) in [6.07, 6.45) is 5.31. The molecule has 0 unspecified atom stereocenters. The number of hydrogen-bond donors (Lipinski definition) is 0. The highest BCUT2D eigenvalue weighted by molar-refractivity contribution is 5.59. The van der Waals surface area contributed by atoms with Gasteiger partial charge in [-0.25, -0.2) is 9.37 Å². The number of halogens is 1. The van der Waals surface area contributed by atoms with Crippen LogP contribution >= 0.6 is 0 Å². The van der Waals surface area contributed by atoms with E-state index in [4.69, 9.17) is 4.42 Å². The fraction of sp³-hybridized carbons (Fsp3) is 0.235. The molecule has 112 valence electrons. The Kier molecular flexibility index (Phi) is 3.27. The first kappa shape index (κ1) is 13.3. The van der Waals surface area contributed by atoms with Crippen LogP contribution in [0, 0.1) is 5.82 Å². The summed E-state index contributed by atoms with van der Waals surface area (Å²) >= 11 is 0. The van der Waals surface area contributed by atoms with Gasteiger partial charge in [0.25, 0.3) is 0 Å². The van der Waals surface area contributed by atoms with E-state index in [9.17, 15) is 4.39 Å². The second-order valence-electron chi connectivity index (χ2n) is 5.56. The monoisotopic (exact) mass is 297 g/mol. The summed E-state index contributed by atoms with van der Waals surface area (Å²) in [7, 11) is 0. The number of imidazole rings is 1. The van der Waals surface area contributed by atoms with Crippen LogP contribution in [0.5, 0.6) is 0 Å². The van der Waals surface area contributed by atoms with Gasteiger partial charge in [-0.15, -0.1) is 0 Å². The summed E-state index contributed by atoms with van der Waals surface area (Å²) in [5.74, 6) is 0.805. The molecule has 0 amide bonds. The zero-order chi connectivity index (χ0) is 14.9. The van der Waals surface area contributed by atoms with Gasteiger partial charge in [-0.3, -0.25) is 4.90 Å². The second-order valence-corrected chi connectivity index (χ2v) is 5.56. The molecule has 3 heterocycles. The van der Waals surface area contributed by atoms with Gasteiger partial charge in [-0.05, 0) is 18.2 Å². The Morgan fingerprint density at radius 1 is 1.23 bits per heavy atom. The molecule has 0 saturated carbocycles. The SMILES string of the molecule is Fc1cccc(-c2cnc3n2CCN(Cc2ccoc2)C3)c1. The van der Waals surface area contributed by atoms with E-state index in [0.717, 1.165) is 43.3 Å². The van der Waals surface area contributed by atoms with Crippen LogP contribution in [-0.4, -0.2) is 21.0 Å². The lowest BCUT2D eigenvalue weighted by Crippen LogP contribution is -2.33. The van der Waals surface area contributed by atoms with Crippen molar-refractivity contribution in [3.8, 4) is 11.3 Å². The van der Waals surface area contributed by atoms with Crippen molar-refractivity contribution in [3.63, 3.8) is 0 Å². The van der Waals surface area contributed by atoms with Crippen LogP contribution in [0.1, 0.15) is 11.4 Å². The van der Waals surface area contributed by atoms with Crippen molar-refractivity contribution < 1.29 is 8.81 Å². The van der Waals surface area contributed by atoms with Crippen molar-refractivity contribution in [1.82, 2.24) is 14.5 Å². The van der Waals surface area contributed by atoms with E-state index < -0.39 is 0 Å². The lowest BCUT2D eigenvalue weighted by molar-refractivity contribution is 0.209. The molecule has 1 aliphatic rings. The second kappa shape index (κ2) is 5.42. The molecule has 5 heteroatoms. The van der Waals surface area contributed by atoms with Gasteiger partial charge in [0.1, 0.15) is 11.6 Å². The quantitative estimate of drug-likeness (QED) is 0.744. The summed E-state index contributed by atoms with van der Waals surface area (Å²) in [5, 5.41) is 0. The van der Waals surface area contributed by atoms with E-state index in [1.54, 1.807) is 24.7 Å². The Hall–Kier alpha value is -2.40. The van der Waals surface area contributed by atoms with Gasteiger partial charge in [0.05, 0.1) is 31.0 Å². The minimum Gasteiger partial charge on any atom is -0.472 e. The molecule has 0 N–H and O–H groups in total. The average Bonchev–Trinajstić information content (AvgIpc) is 3.16. The number of hydrogen-bond acceptors (Lipinski definition) is 3. The number of rotatable bonds is 3. The molecule has 0 aliphatic carbocycles. The van der Waals surface area contributed by atoms with Crippen LogP contribution < -0.4 is 0 Å². The first-order valence-electron chi connectivity index (χ1n) is 7.33. The predicted octanol–water partition coefficient (Wildman–Crippen LogP) is 3.30. The Labute approximate surface area is 127 Å². The summed E-state index contributed by atoms with van der Waals surface area (Å²) in [6, 6.07) is 8.66. The maximum atomic E-state index is 13.4. The standard InChI is InChI=1S/C17H16FN3O/c18-15-3-1-2-14(8-15)16-9-19-17-11-20(5-6-21(16)17)10-13-4-7-22-12-13/h1-4,7-9,12H,5-6,10-11H2. The average molecular weight is 297 g/mol. The van der Waals surface area contributed by atoms with Crippen molar-refractivity contribution in [3.05, 3.63) is 66.3 Å². The summed E-state index contributed by atoms with van der Waals surface area (Å²) < 4.78 is 20.7. The molecular formula is C17H16FN3O. The number of fused-ring (bicyclic) bond motifs is 1. The maximum absolute atomic E-state index is 13.4. The topological polar surface area (TPSA) is 34.2 Å². The van der Waals surface area contributed by atoms with Gasteiger partial charge in [0.15, 0.2) is 0 Å². The van der Waals surface area contributed by atoms with Crippen LogP contribution in [0.25, 0.3) is 11.3 Å². The summed E-state index contributed by atoms with van der Waals surface area (Å²) in [5.41, 5.74) is 3.03. The lowest BCUT2D eigenvalue weighted by atomic mass is 10.1. The number of nitrogens with zero attached hydrogens (tertiary/aromatic N) is 3. The first-order valence-corrected chi connectivity index (χ1v) is 7.33. The molecule has 4 nitrogen and oxygen atoms in total. The fourth-order valence-corrected chi connectivity index (χ4v) is 2.96. The molecule has 1 aromatic carbocycles. The van der Waals surface area contributed by atoms with Crippen molar-refractivity contribution in [2.24, 2.45) is 0 Å². The smallest absolute Gasteiger partial charge is 0.123 e. The van der Waals surface area contributed by atoms with Crippen molar-refractivity contribution in [2.45, 2.75) is 19.6 Å². The van der Waals surface area contributed by atoms with Gasteiger partial charge < -0.3 is 8.98 Å². The third-order valence-electron chi connectivity index (χ3n) is 4.05. The van der Waals surface area contributed by atoms with E-state index in [1.165, 1.54) is 11.6 Å². The molecule has 0 saturated heterocycles. The van der Waals surface area contributed by atoms with Gasteiger partial charge in [-0.2, -0.15) is 0 Å². The van der Waals surface area contributed by atoms with Crippen LogP contribution in [-0.2, 0) is 19.6 Å². The molecule has 1 aliphatic heterocycles. The highest BCUT2D eigenvalue weighted by atomic mass is 19.1. The highest BCUT2D eigenvalue weighted by Crippen LogP contribution is 2.25. The molecule has 3 aromatic rings. The van der Waals surface area contributed by atoms with Crippen LogP contribution in [0.3, 0.4) is 0 Å². The van der Waals surface area contributed by atoms with Crippen molar-refractivity contribution in [2.75, 3.05) is 6.54 Å². The van der Waals surface area contributed by atoms with Gasteiger partial charge in [0.2, 0.25) is 0 Å². The minimum atomic E-state index is -0.217. The molecule has 0 fully saturated rings. The molecule has 0 atom stereocenters. The number of aromatic nitrogens is 2. The van der Waals surface area contributed by atoms with Crippen LogP contribution in [0.15, 0.2) is 53.5 Å². The molecule has 22 heavy (non-hydrogen) atoms. The Balaban J connectivity index is 1.57. The minimum absolute atomic E-state index is 0.217.